The molecule has 19 heavy (non-hydrogen) atoms. The number of ether oxygens (including phenoxy) is 2. The Labute approximate surface area is 117 Å². The molecule has 6 heteroatoms. The monoisotopic (exact) mass is 287 g/mol. The number of hydrogen-bond donors (Lipinski definition) is 1. The van der Waals surface area contributed by atoms with Crippen molar-refractivity contribution in [3.05, 3.63) is 29.0 Å². The number of pyridine rings is 1. The first-order valence-electron chi connectivity index (χ1n) is 5.98. The number of unbranched alkanes of at least 4 members (excludes halogenated alkanes) is 1. The molecule has 0 aliphatic heterocycles. The lowest BCUT2D eigenvalue weighted by molar-refractivity contribution is -0.223. The maximum absolute atomic E-state index is 10.5. The van der Waals surface area contributed by atoms with E-state index in [-0.39, 0.29) is 6.42 Å². The molecule has 1 N–H and O–H groups in total. The van der Waals surface area contributed by atoms with Crippen LogP contribution in [0.2, 0.25) is 5.02 Å². The topological polar surface area (TPSA) is 68.7 Å². The van der Waals surface area contributed by atoms with Gasteiger partial charge in [0, 0.05) is 38.3 Å². The fraction of sp³-hybridized carbons (Fsp3) is 0.538. The van der Waals surface area contributed by atoms with Crippen LogP contribution in [0.1, 0.15) is 31.4 Å². The fourth-order valence-electron chi connectivity index (χ4n) is 1.87. The summed E-state index contributed by atoms with van der Waals surface area (Å²) in [7, 11) is 3.06. The Bertz CT molecular complexity index is 421. The van der Waals surface area contributed by atoms with Gasteiger partial charge in [0.2, 0.25) is 5.79 Å². The number of carbonyl (C=O) groups is 1. The first kappa shape index (κ1) is 15.9. The third-order valence-electron chi connectivity index (χ3n) is 2.92. The van der Waals surface area contributed by atoms with Crippen molar-refractivity contribution in [2.45, 2.75) is 31.5 Å². The van der Waals surface area contributed by atoms with Crippen LogP contribution in [0.25, 0.3) is 0 Å². The molecule has 0 aliphatic carbocycles. The van der Waals surface area contributed by atoms with Crippen molar-refractivity contribution < 1.29 is 19.4 Å². The summed E-state index contributed by atoms with van der Waals surface area (Å²) >= 11 is 5.94. The van der Waals surface area contributed by atoms with Gasteiger partial charge in [0.15, 0.2) is 0 Å². The summed E-state index contributed by atoms with van der Waals surface area (Å²) in [6, 6.07) is 3.36. The van der Waals surface area contributed by atoms with E-state index in [1.165, 1.54) is 14.2 Å². The first-order valence-corrected chi connectivity index (χ1v) is 6.36. The van der Waals surface area contributed by atoms with Gasteiger partial charge in [-0.15, -0.1) is 0 Å². The van der Waals surface area contributed by atoms with E-state index >= 15 is 0 Å². The van der Waals surface area contributed by atoms with Gasteiger partial charge in [0.05, 0.1) is 0 Å². The molecule has 0 spiro atoms. The van der Waals surface area contributed by atoms with Gasteiger partial charge in [-0.2, -0.15) is 0 Å². The molecule has 0 atom stereocenters. The molecular weight excluding hydrogens is 270 g/mol. The van der Waals surface area contributed by atoms with Crippen molar-refractivity contribution in [3.63, 3.8) is 0 Å². The molecule has 0 aliphatic rings. The molecule has 0 radical (unpaired) electrons. The van der Waals surface area contributed by atoms with Gasteiger partial charge in [-0.3, -0.25) is 9.78 Å². The number of rotatable bonds is 8. The summed E-state index contributed by atoms with van der Waals surface area (Å²) in [4.78, 5) is 14.7. The van der Waals surface area contributed by atoms with Crippen LogP contribution in [0.4, 0.5) is 0 Å². The van der Waals surface area contributed by atoms with E-state index in [2.05, 4.69) is 4.98 Å². The average Bonchev–Trinajstić information content (AvgIpc) is 2.39. The van der Waals surface area contributed by atoms with E-state index in [4.69, 9.17) is 26.2 Å². The molecule has 1 aromatic heterocycles. The zero-order valence-electron chi connectivity index (χ0n) is 11.1. The third kappa shape index (κ3) is 4.45. The van der Waals surface area contributed by atoms with E-state index in [9.17, 15) is 4.79 Å². The van der Waals surface area contributed by atoms with Crippen LogP contribution in [0, 0.1) is 0 Å². The van der Waals surface area contributed by atoms with Gasteiger partial charge < -0.3 is 14.6 Å². The lowest BCUT2D eigenvalue weighted by Gasteiger charge is -2.30. The molecule has 0 saturated carbocycles. The summed E-state index contributed by atoms with van der Waals surface area (Å²) in [6.07, 6.45) is 3.45. The van der Waals surface area contributed by atoms with Gasteiger partial charge in [-0.05, 0) is 25.0 Å². The van der Waals surface area contributed by atoms with E-state index < -0.39 is 11.8 Å². The maximum Gasteiger partial charge on any atom is 0.303 e. The second-order valence-corrected chi connectivity index (χ2v) is 4.56. The Kier molecular flexibility index (Phi) is 6.21. The second-order valence-electron chi connectivity index (χ2n) is 4.12. The number of methoxy groups -OCH3 is 2. The minimum absolute atomic E-state index is 0.131. The number of nitrogens with zero attached hydrogens (tertiary/aromatic N) is 1. The molecule has 0 unspecified atom stereocenters. The van der Waals surface area contributed by atoms with Crippen LogP contribution < -0.4 is 0 Å². The summed E-state index contributed by atoms with van der Waals surface area (Å²) in [5, 5.41) is 9.17. The average molecular weight is 288 g/mol. The van der Waals surface area contributed by atoms with Crippen LogP contribution >= 0.6 is 11.6 Å². The number of aliphatic carboxylic acids is 1. The highest BCUT2D eigenvalue weighted by Gasteiger charge is 2.33. The third-order valence-corrected chi connectivity index (χ3v) is 3.15. The Hall–Kier alpha value is -1.17. The Balaban J connectivity index is 2.76. The normalized spacial score (nSPS) is 11.5. The molecule has 1 aromatic rings. The summed E-state index contributed by atoms with van der Waals surface area (Å²) in [5.74, 6) is -1.79. The molecule has 0 aromatic carbocycles. The zero-order chi connectivity index (χ0) is 14.3. The minimum Gasteiger partial charge on any atom is -0.481 e. The van der Waals surface area contributed by atoms with Crippen molar-refractivity contribution in [2.24, 2.45) is 0 Å². The van der Waals surface area contributed by atoms with Crippen molar-refractivity contribution in [1.82, 2.24) is 4.98 Å². The summed E-state index contributed by atoms with van der Waals surface area (Å²) in [6.45, 7) is 0. The van der Waals surface area contributed by atoms with Crippen LogP contribution in [-0.2, 0) is 20.1 Å². The Morgan fingerprint density at radius 3 is 2.63 bits per heavy atom. The molecule has 106 valence electrons. The Morgan fingerprint density at radius 2 is 2.11 bits per heavy atom. The molecule has 0 amide bonds. The van der Waals surface area contributed by atoms with Gasteiger partial charge in [0.1, 0.15) is 5.69 Å². The molecule has 1 rings (SSSR count). The van der Waals surface area contributed by atoms with Crippen molar-refractivity contribution in [1.29, 1.82) is 0 Å². The van der Waals surface area contributed by atoms with Gasteiger partial charge in [-0.25, -0.2) is 0 Å². The number of carboxylic acids is 1. The molecule has 0 saturated heterocycles. The Morgan fingerprint density at radius 1 is 1.42 bits per heavy atom. The number of carboxylic acid groups (broad SMARTS) is 1. The second kappa shape index (κ2) is 7.43. The van der Waals surface area contributed by atoms with Crippen LogP contribution in [-0.4, -0.2) is 30.3 Å². The highest BCUT2D eigenvalue weighted by molar-refractivity contribution is 6.30. The smallest absolute Gasteiger partial charge is 0.303 e. The van der Waals surface area contributed by atoms with Crippen LogP contribution in [0.15, 0.2) is 18.3 Å². The molecule has 1 heterocycles. The number of halogens is 1. The predicted octanol–water partition coefficient (Wildman–Crippen LogP) is 2.83. The lowest BCUT2D eigenvalue weighted by Crippen LogP contribution is -2.32. The van der Waals surface area contributed by atoms with Gasteiger partial charge >= 0.3 is 5.97 Å². The van der Waals surface area contributed by atoms with Gasteiger partial charge in [0.25, 0.3) is 0 Å². The highest BCUT2D eigenvalue weighted by atomic mass is 35.5. The van der Waals surface area contributed by atoms with E-state index in [0.717, 1.165) is 0 Å². The minimum atomic E-state index is -0.983. The van der Waals surface area contributed by atoms with E-state index in [1.807, 2.05) is 0 Å². The zero-order valence-corrected chi connectivity index (χ0v) is 11.8. The predicted molar refractivity (Wildman–Crippen MR) is 71.0 cm³/mol. The van der Waals surface area contributed by atoms with Crippen molar-refractivity contribution in [3.8, 4) is 0 Å². The van der Waals surface area contributed by atoms with Crippen LogP contribution in [0.3, 0.4) is 0 Å². The standard InChI is InChI=1S/C13H18ClNO4/c1-18-13(19-2,7-4-3-5-12(16)17)11-9-10(14)6-8-15-11/h6,8-9H,3-5,7H2,1-2H3,(H,16,17). The van der Waals surface area contributed by atoms with Crippen molar-refractivity contribution >= 4 is 17.6 Å². The molecule has 0 bridgehead atoms. The lowest BCUT2D eigenvalue weighted by atomic mass is 10.0. The van der Waals surface area contributed by atoms with E-state index in [0.29, 0.717) is 30.0 Å². The molecule has 0 fully saturated rings. The SMILES string of the molecule is COC(CCCCC(=O)O)(OC)c1cc(Cl)ccn1. The van der Waals surface area contributed by atoms with Gasteiger partial charge in [-0.1, -0.05) is 11.6 Å². The molecule has 5 nitrogen and oxygen atoms in total. The highest BCUT2D eigenvalue weighted by Crippen LogP contribution is 2.31. The van der Waals surface area contributed by atoms with Crippen molar-refractivity contribution in [2.75, 3.05) is 14.2 Å². The number of hydrogen-bond acceptors (Lipinski definition) is 4. The first-order chi connectivity index (χ1) is 9.04. The fourth-order valence-corrected chi connectivity index (χ4v) is 2.03. The summed E-state index contributed by atoms with van der Waals surface area (Å²) in [5.41, 5.74) is 0.584. The quantitative estimate of drug-likeness (QED) is 0.588. The largest absolute Gasteiger partial charge is 0.481 e. The van der Waals surface area contributed by atoms with Crippen LogP contribution in [0.5, 0.6) is 0 Å². The maximum atomic E-state index is 10.5. The van der Waals surface area contributed by atoms with E-state index in [1.54, 1.807) is 18.3 Å². The molecular formula is C13H18ClNO4. The summed E-state index contributed by atoms with van der Waals surface area (Å²) < 4.78 is 10.9. The number of aromatic nitrogens is 1.